The minimum absolute atomic E-state index is 0.281. The van der Waals surface area contributed by atoms with E-state index in [2.05, 4.69) is 9.50 Å². The van der Waals surface area contributed by atoms with Crippen molar-refractivity contribution in [3.63, 3.8) is 0 Å². The summed E-state index contributed by atoms with van der Waals surface area (Å²) in [5, 5.41) is 1.77. The smallest absolute Gasteiger partial charge is 0.484 e. The Kier molecular flexibility index (Phi) is 8.26. The highest BCUT2D eigenvalue weighted by Crippen LogP contribution is 2.42. The second-order valence-corrected chi connectivity index (χ2v) is 11.0. The van der Waals surface area contributed by atoms with Crippen LogP contribution in [0.5, 0.6) is 5.75 Å². The maximum atomic E-state index is 13.6. The third kappa shape index (κ3) is 6.52. The molecule has 1 unspecified atom stereocenters. The van der Waals surface area contributed by atoms with Crippen molar-refractivity contribution in [1.29, 1.82) is 0 Å². The Morgan fingerprint density at radius 3 is 2.07 bits per heavy atom. The molecule has 0 saturated carbocycles. The summed E-state index contributed by atoms with van der Waals surface area (Å²) in [5.74, 6) is -2.82. The number of rotatable bonds is 10. The molecule has 0 bridgehead atoms. The Balaban J connectivity index is 1.37. The molecule has 0 aliphatic carbocycles. The van der Waals surface area contributed by atoms with Crippen molar-refractivity contribution in [2.45, 2.75) is 17.5 Å². The SMILES string of the molecule is O=C(COc1ccccc1)NC1C(=O)N2C(C(=O)OC(c3ccccc3)c3ccccc3)=C(OS(=O)(=O)F)CS[C@@H]12. The number of carbonyl (C=O) groups excluding carboxylic acids is 3. The molecular weight excluding hydrogens is 575 g/mol. The van der Waals surface area contributed by atoms with Gasteiger partial charge in [0.2, 0.25) is 0 Å². The number of carbonyl (C=O) groups is 3. The third-order valence-electron chi connectivity index (χ3n) is 6.19. The number of fused-ring (bicyclic) bond motifs is 1. The summed E-state index contributed by atoms with van der Waals surface area (Å²) in [5.41, 5.74) is 0.657. The first kappa shape index (κ1) is 28.2. The number of amides is 2. The highest BCUT2D eigenvalue weighted by atomic mass is 32.3. The average Bonchev–Trinajstić information content (AvgIpc) is 2.98. The van der Waals surface area contributed by atoms with Gasteiger partial charge in [-0.2, -0.15) is 8.42 Å². The van der Waals surface area contributed by atoms with Gasteiger partial charge in [0.05, 0.1) is 5.75 Å². The van der Waals surface area contributed by atoms with Crippen LogP contribution in [0.25, 0.3) is 0 Å². The summed E-state index contributed by atoms with van der Waals surface area (Å²) in [6.45, 7) is -0.361. The van der Waals surface area contributed by atoms with Gasteiger partial charge in [-0.25, -0.2) is 4.79 Å². The van der Waals surface area contributed by atoms with Crippen molar-refractivity contribution in [1.82, 2.24) is 10.2 Å². The lowest BCUT2D eigenvalue weighted by Gasteiger charge is -2.49. The Morgan fingerprint density at radius 1 is 0.951 bits per heavy atom. The van der Waals surface area contributed by atoms with Gasteiger partial charge in [0.25, 0.3) is 11.8 Å². The van der Waals surface area contributed by atoms with Crippen LogP contribution in [0.15, 0.2) is 102 Å². The summed E-state index contributed by atoms with van der Waals surface area (Å²) < 4.78 is 52.0. The van der Waals surface area contributed by atoms with Gasteiger partial charge < -0.3 is 19.0 Å². The lowest BCUT2D eigenvalue weighted by atomic mass is 10.0. The Morgan fingerprint density at radius 2 is 1.51 bits per heavy atom. The molecular formula is C28H23FN2O8S2. The monoisotopic (exact) mass is 598 g/mol. The lowest BCUT2D eigenvalue weighted by Crippen LogP contribution is -2.71. The van der Waals surface area contributed by atoms with Crippen LogP contribution in [-0.4, -0.2) is 54.9 Å². The van der Waals surface area contributed by atoms with E-state index in [0.717, 1.165) is 16.7 Å². The number of nitrogens with one attached hydrogen (secondary N) is 1. The third-order valence-corrected chi connectivity index (χ3v) is 7.84. The number of hydrogen-bond acceptors (Lipinski definition) is 9. The maximum Gasteiger partial charge on any atom is 0.488 e. The molecule has 2 amide bonds. The van der Waals surface area contributed by atoms with Crippen LogP contribution in [0, 0.1) is 0 Å². The van der Waals surface area contributed by atoms with Crippen LogP contribution in [-0.2, 0) is 33.8 Å². The highest BCUT2D eigenvalue weighted by molar-refractivity contribution is 8.00. The van der Waals surface area contributed by atoms with E-state index >= 15 is 0 Å². The predicted molar refractivity (Wildman–Crippen MR) is 146 cm³/mol. The number of esters is 1. The summed E-state index contributed by atoms with van der Waals surface area (Å²) in [7, 11) is -5.53. The zero-order valence-corrected chi connectivity index (χ0v) is 22.8. The average molecular weight is 599 g/mol. The minimum Gasteiger partial charge on any atom is -0.484 e. The fourth-order valence-corrected chi connectivity index (χ4v) is 6.10. The molecule has 2 heterocycles. The summed E-state index contributed by atoms with van der Waals surface area (Å²) in [6, 6.07) is 25.1. The van der Waals surface area contributed by atoms with Crippen molar-refractivity contribution in [3.05, 3.63) is 114 Å². The number of nitrogens with zero attached hydrogens (tertiary/aromatic N) is 1. The summed E-state index contributed by atoms with van der Waals surface area (Å²) >= 11 is 0.991. The molecule has 2 aliphatic rings. The molecule has 3 aromatic rings. The number of ether oxygens (including phenoxy) is 2. The Labute approximate surface area is 239 Å². The van der Waals surface area contributed by atoms with Crippen LogP contribution >= 0.6 is 11.8 Å². The second kappa shape index (κ2) is 12.0. The van der Waals surface area contributed by atoms with Crippen LogP contribution in [0.1, 0.15) is 17.2 Å². The van der Waals surface area contributed by atoms with Crippen LogP contribution in [0.4, 0.5) is 3.89 Å². The van der Waals surface area contributed by atoms with Crippen molar-refractivity contribution in [2.24, 2.45) is 0 Å². The molecule has 3 aromatic carbocycles. The zero-order valence-electron chi connectivity index (χ0n) is 21.2. The molecule has 41 heavy (non-hydrogen) atoms. The van der Waals surface area contributed by atoms with E-state index in [0.29, 0.717) is 16.9 Å². The molecule has 1 fully saturated rings. The second-order valence-electron chi connectivity index (χ2n) is 8.91. The van der Waals surface area contributed by atoms with E-state index in [-0.39, 0.29) is 12.4 Å². The number of halogens is 1. The molecule has 10 nitrogen and oxygen atoms in total. The van der Waals surface area contributed by atoms with Gasteiger partial charge in [0.1, 0.15) is 17.2 Å². The number of β-lactam (4-membered cyclic amide) rings is 1. The van der Waals surface area contributed by atoms with Gasteiger partial charge in [-0.3, -0.25) is 14.5 Å². The van der Waals surface area contributed by atoms with Gasteiger partial charge in [-0.05, 0) is 23.3 Å². The summed E-state index contributed by atoms with van der Waals surface area (Å²) in [4.78, 5) is 40.2. The number of thioether (sulfide) groups is 1. The quantitative estimate of drug-likeness (QED) is 0.213. The molecule has 1 N–H and O–H groups in total. The molecule has 13 heteroatoms. The first-order valence-corrected chi connectivity index (χ1v) is 14.7. The Hall–Kier alpha value is -4.36. The van der Waals surface area contributed by atoms with Crippen molar-refractivity contribution in [2.75, 3.05) is 12.4 Å². The minimum atomic E-state index is -5.53. The molecule has 2 aliphatic heterocycles. The van der Waals surface area contributed by atoms with Gasteiger partial charge in [-0.1, -0.05) is 82.7 Å². The van der Waals surface area contributed by atoms with Crippen LogP contribution in [0.2, 0.25) is 0 Å². The molecule has 0 spiro atoms. The number of para-hydroxylation sites is 1. The van der Waals surface area contributed by atoms with Crippen LogP contribution < -0.4 is 10.1 Å². The molecule has 212 valence electrons. The summed E-state index contributed by atoms with van der Waals surface area (Å²) in [6.07, 6.45) is -0.935. The van der Waals surface area contributed by atoms with Gasteiger partial charge in [0, 0.05) is 0 Å². The van der Waals surface area contributed by atoms with E-state index in [1.54, 1.807) is 91.0 Å². The molecule has 5 rings (SSSR count). The normalized spacial score (nSPS) is 18.3. The van der Waals surface area contributed by atoms with E-state index < -0.39 is 57.3 Å². The molecule has 0 radical (unpaired) electrons. The van der Waals surface area contributed by atoms with E-state index in [1.807, 2.05) is 0 Å². The molecule has 0 aromatic heterocycles. The zero-order chi connectivity index (χ0) is 29.0. The van der Waals surface area contributed by atoms with Crippen LogP contribution in [0.3, 0.4) is 0 Å². The highest BCUT2D eigenvalue weighted by Gasteiger charge is 2.55. The molecule has 1 saturated heterocycles. The first-order valence-electron chi connectivity index (χ1n) is 12.3. The number of hydrogen-bond donors (Lipinski definition) is 1. The standard InChI is InChI=1S/C28H23FN2O8S2/c29-41(35,36)39-21-17-40-27-23(30-22(32)16-37-20-14-8-3-9-15-20)26(33)31(27)24(21)28(34)38-25(18-10-4-1-5-11-18)19-12-6-2-7-13-19/h1-15,23,25,27H,16-17H2,(H,30,32)/t23?,27-/m0/s1. The lowest BCUT2D eigenvalue weighted by molar-refractivity contribution is -0.155. The van der Waals surface area contributed by atoms with E-state index in [4.69, 9.17) is 9.47 Å². The van der Waals surface area contributed by atoms with Gasteiger partial charge in [0.15, 0.2) is 24.2 Å². The largest absolute Gasteiger partial charge is 0.488 e. The fraction of sp³-hybridized carbons (Fsp3) is 0.179. The van der Waals surface area contributed by atoms with Gasteiger partial charge >= 0.3 is 16.5 Å². The van der Waals surface area contributed by atoms with Crippen molar-refractivity contribution < 1.29 is 40.3 Å². The van der Waals surface area contributed by atoms with Crippen molar-refractivity contribution in [3.8, 4) is 5.75 Å². The maximum absolute atomic E-state index is 13.6. The van der Waals surface area contributed by atoms with Crippen molar-refractivity contribution >= 4 is 40.0 Å². The first-order chi connectivity index (χ1) is 19.7. The van der Waals surface area contributed by atoms with Gasteiger partial charge in [-0.15, -0.1) is 11.8 Å². The Bertz CT molecular complexity index is 1530. The van der Waals surface area contributed by atoms with E-state index in [9.17, 15) is 26.7 Å². The predicted octanol–water partition coefficient (Wildman–Crippen LogP) is 3.24. The van der Waals surface area contributed by atoms with E-state index in [1.165, 1.54) is 0 Å². The fourth-order valence-electron chi connectivity index (χ4n) is 4.39. The molecule has 2 atom stereocenters. The topological polar surface area (TPSA) is 128 Å². The number of benzene rings is 3.